The molecule has 0 unspecified atom stereocenters. The molecule has 62 valence electrons. The molecule has 0 spiro atoms. The first kappa shape index (κ1) is 7.67. The fourth-order valence-corrected chi connectivity index (χ4v) is 1.46. The predicted octanol–water partition coefficient (Wildman–Crippen LogP) is 1.99. The maximum absolute atomic E-state index is 12.6. The number of fused-ring (bicyclic) bond motifs is 1. The molecule has 0 aliphatic carbocycles. The highest BCUT2D eigenvalue weighted by molar-refractivity contribution is 9.08. The molecular weight excluding hydrogens is 225 g/mol. The first-order valence-electron chi connectivity index (χ1n) is 3.36. The van der Waals surface area contributed by atoms with E-state index >= 15 is 0 Å². The second-order valence-corrected chi connectivity index (χ2v) is 2.90. The minimum Gasteiger partial charge on any atom is -0.279 e. The van der Waals surface area contributed by atoms with Crippen molar-refractivity contribution >= 4 is 27.0 Å². The third-order valence-electron chi connectivity index (χ3n) is 1.60. The largest absolute Gasteiger partial charge is 0.279 e. The zero-order chi connectivity index (χ0) is 8.55. The highest BCUT2D eigenvalue weighted by Gasteiger charge is 2.05. The lowest BCUT2D eigenvalue weighted by atomic mass is 10.3. The molecule has 0 atom stereocenters. The zero-order valence-electron chi connectivity index (χ0n) is 6.01. The Morgan fingerprint density at radius 2 is 2.33 bits per heavy atom. The van der Waals surface area contributed by atoms with E-state index in [1.165, 1.54) is 6.07 Å². The van der Waals surface area contributed by atoms with Crippen molar-refractivity contribution in [3.05, 3.63) is 23.8 Å². The number of rotatable bonds is 1. The summed E-state index contributed by atoms with van der Waals surface area (Å²) in [6.07, 6.45) is 0. The molecule has 0 aliphatic rings. The zero-order valence-corrected chi connectivity index (χ0v) is 7.60. The Morgan fingerprint density at radius 3 is 3.08 bits per heavy atom. The van der Waals surface area contributed by atoms with E-state index in [0.29, 0.717) is 11.0 Å². The van der Waals surface area contributed by atoms with Crippen LogP contribution >= 0.6 is 15.9 Å². The summed E-state index contributed by atoms with van der Waals surface area (Å²) in [4.78, 5) is 3.61. The van der Waals surface area contributed by atoms with Crippen LogP contribution in [-0.2, 0) is 5.33 Å². The van der Waals surface area contributed by atoms with Crippen molar-refractivity contribution in [2.45, 2.75) is 5.33 Å². The molecule has 12 heavy (non-hydrogen) atoms. The summed E-state index contributed by atoms with van der Waals surface area (Å²) in [5, 5.41) is 8.13. The first-order valence-corrected chi connectivity index (χ1v) is 4.49. The molecule has 0 radical (unpaired) electrons. The molecule has 0 amide bonds. The van der Waals surface area contributed by atoms with Gasteiger partial charge in [0.1, 0.15) is 0 Å². The summed E-state index contributed by atoms with van der Waals surface area (Å²) in [6.45, 7) is 0. The lowest BCUT2D eigenvalue weighted by Crippen LogP contribution is -1.82. The number of alkyl halides is 1. The quantitative estimate of drug-likeness (QED) is 0.601. The third kappa shape index (κ3) is 1.10. The second kappa shape index (κ2) is 2.82. The van der Waals surface area contributed by atoms with Crippen molar-refractivity contribution in [2.24, 2.45) is 0 Å². The standard InChI is InChI=1S/C7H5BrFN3/c8-3-5-4-1-2-6(9)10-7(4)12-11-5/h1-2H,3H2,(H,10,11,12). The SMILES string of the molecule is Fc1ccc2c(CBr)[nH]nc2n1. The van der Waals surface area contributed by atoms with Crippen molar-refractivity contribution in [1.82, 2.24) is 15.2 Å². The number of aromatic amines is 1. The lowest BCUT2D eigenvalue weighted by Gasteiger charge is -1.89. The van der Waals surface area contributed by atoms with Crippen LogP contribution in [0.1, 0.15) is 5.69 Å². The Morgan fingerprint density at radius 1 is 1.50 bits per heavy atom. The van der Waals surface area contributed by atoms with Crippen LogP contribution in [0.4, 0.5) is 4.39 Å². The van der Waals surface area contributed by atoms with Crippen molar-refractivity contribution in [3.8, 4) is 0 Å². The number of pyridine rings is 1. The Hall–Kier alpha value is -0.970. The number of nitrogens with one attached hydrogen (secondary N) is 1. The third-order valence-corrected chi connectivity index (χ3v) is 2.16. The van der Waals surface area contributed by atoms with Crippen LogP contribution in [0.15, 0.2) is 12.1 Å². The number of aromatic nitrogens is 3. The highest BCUT2D eigenvalue weighted by Crippen LogP contribution is 2.15. The fourth-order valence-electron chi connectivity index (χ4n) is 1.03. The van der Waals surface area contributed by atoms with E-state index in [-0.39, 0.29) is 0 Å². The number of halogens is 2. The number of hydrogen-bond acceptors (Lipinski definition) is 2. The summed E-state index contributed by atoms with van der Waals surface area (Å²) in [5.74, 6) is -0.505. The van der Waals surface area contributed by atoms with Gasteiger partial charge in [-0.3, -0.25) is 5.10 Å². The van der Waals surface area contributed by atoms with E-state index in [0.717, 1.165) is 11.1 Å². The normalized spacial score (nSPS) is 10.8. The molecule has 0 saturated carbocycles. The van der Waals surface area contributed by atoms with Crippen LogP contribution in [0.5, 0.6) is 0 Å². The van der Waals surface area contributed by atoms with Gasteiger partial charge in [-0.1, -0.05) is 15.9 Å². The molecule has 0 aliphatic heterocycles. The Balaban J connectivity index is 2.73. The van der Waals surface area contributed by atoms with Gasteiger partial charge in [0.15, 0.2) is 5.65 Å². The van der Waals surface area contributed by atoms with Crippen LogP contribution < -0.4 is 0 Å². The summed E-state index contributed by atoms with van der Waals surface area (Å²) < 4.78 is 12.6. The van der Waals surface area contributed by atoms with Gasteiger partial charge in [-0.25, -0.2) is 0 Å². The van der Waals surface area contributed by atoms with Crippen molar-refractivity contribution in [1.29, 1.82) is 0 Å². The first-order chi connectivity index (χ1) is 5.81. The monoisotopic (exact) mass is 229 g/mol. The van der Waals surface area contributed by atoms with Crippen LogP contribution in [0.2, 0.25) is 0 Å². The van der Waals surface area contributed by atoms with Gasteiger partial charge in [0.05, 0.1) is 5.69 Å². The lowest BCUT2D eigenvalue weighted by molar-refractivity contribution is 0.588. The number of H-pyrrole nitrogens is 1. The van der Waals surface area contributed by atoms with Crippen LogP contribution in [0.3, 0.4) is 0 Å². The van der Waals surface area contributed by atoms with Crippen molar-refractivity contribution < 1.29 is 4.39 Å². The van der Waals surface area contributed by atoms with Gasteiger partial charge in [-0.05, 0) is 12.1 Å². The Kier molecular flexibility index (Phi) is 1.80. The van der Waals surface area contributed by atoms with Crippen LogP contribution in [0, 0.1) is 5.95 Å². The van der Waals surface area contributed by atoms with E-state index in [1.807, 2.05) is 0 Å². The van der Waals surface area contributed by atoms with E-state index in [2.05, 4.69) is 31.1 Å². The summed E-state index contributed by atoms with van der Waals surface area (Å²) >= 11 is 3.28. The van der Waals surface area contributed by atoms with Gasteiger partial charge in [0.2, 0.25) is 5.95 Å². The maximum atomic E-state index is 12.6. The molecule has 2 heterocycles. The van der Waals surface area contributed by atoms with Gasteiger partial charge in [0, 0.05) is 10.7 Å². The summed E-state index contributed by atoms with van der Waals surface area (Å²) in [6, 6.07) is 2.99. The van der Waals surface area contributed by atoms with Crippen molar-refractivity contribution in [2.75, 3.05) is 0 Å². The Labute approximate surface area is 76.1 Å². The molecule has 2 aromatic heterocycles. The molecule has 0 fully saturated rings. The van der Waals surface area contributed by atoms with E-state index < -0.39 is 5.95 Å². The average molecular weight is 230 g/mol. The molecule has 2 aromatic rings. The van der Waals surface area contributed by atoms with Gasteiger partial charge < -0.3 is 0 Å². The van der Waals surface area contributed by atoms with Gasteiger partial charge in [0.25, 0.3) is 0 Å². The van der Waals surface area contributed by atoms with Crippen molar-refractivity contribution in [3.63, 3.8) is 0 Å². The molecule has 2 rings (SSSR count). The van der Waals surface area contributed by atoms with Gasteiger partial charge >= 0.3 is 0 Å². The molecule has 3 nitrogen and oxygen atoms in total. The van der Waals surface area contributed by atoms with Crippen LogP contribution in [0.25, 0.3) is 11.0 Å². The number of nitrogens with zero attached hydrogens (tertiary/aromatic N) is 2. The van der Waals surface area contributed by atoms with Gasteiger partial charge in [-0.15, -0.1) is 0 Å². The van der Waals surface area contributed by atoms with Crippen LogP contribution in [-0.4, -0.2) is 15.2 Å². The van der Waals surface area contributed by atoms with E-state index in [4.69, 9.17) is 0 Å². The van der Waals surface area contributed by atoms with E-state index in [9.17, 15) is 4.39 Å². The minimum atomic E-state index is -0.505. The number of hydrogen-bond donors (Lipinski definition) is 1. The molecule has 0 saturated heterocycles. The molecule has 0 bridgehead atoms. The Bertz CT molecular complexity index is 412. The maximum Gasteiger partial charge on any atom is 0.214 e. The fraction of sp³-hybridized carbons (Fsp3) is 0.143. The summed E-state index contributed by atoms with van der Waals surface area (Å²) in [5.41, 5.74) is 1.34. The predicted molar refractivity (Wildman–Crippen MR) is 46.5 cm³/mol. The topological polar surface area (TPSA) is 41.6 Å². The molecular formula is C7H5BrFN3. The smallest absolute Gasteiger partial charge is 0.214 e. The molecule has 5 heteroatoms. The minimum absolute atomic E-state index is 0.421. The second-order valence-electron chi connectivity index (χ2n) is 2.34. The van der Waals surface area contributed by atoms with E-state index in [1.54, 1.807) is 6.07 Å². The highest BCUT2D eigenvalue weighted by atomic mass is 79.9. The van der Waals surface area contributed by atoms with Gasteiger partial charge in [-0.2, -0.15) is 14.5 Å². The summed E-state index contributed by atoms with van der Waals surface area (Å²) in [7, 11) is 0. The molecule has 1 N–H and O–H groups in total. The molecule has 0 aromatic carbocycles. The average Bonchev–Trinajstić information content (AvgIpc) is 2.46.